The zero-order chi connectivity index (χ0) is 25.2. The lowest BCUT2D eigenvalue weighted by Crippen LogP contribution is -2.53. The topological polar surface area (TPSA) is 70.8 Å². The van der Waals surface area contributed by atoms with E-state index in [0.29, 0.717) is 47.8 Å². The predicted molar refractivity (Wildman–Crippen MR) is 142 cm³/mol. The molecule has 3 heterocycles. The first-order valence-corrected chi connectivity index (χ1v) is 12.5. The van der Waals surface area contributed by atoms with E-state index in [2.05, 4.69) is 10.1 Å². The number of fused-ring (bicyclic) bond motifs is 1. The third-order valence-corrected chi connectivity index (χ3v) is 7.38. The molecule has 1 aromatic heterocycles. The normalized spacial score (nSPS) is 19.8. The molecule has 184 valence electrons. The van der Waals surface area contributed by atoms with Gasteiger partial charge in [0.05, 0.1) is 22.3 Å². The molecular formula is C27H25Cl2N5O2. The average molecular weight is 522 g/mol. The third kappa shape index (κ3) is 4.81. The number of aliphatic imine (C=N–C) groups is 1. The van der Waals surface area contributed by atoms with Crippen molar-refractivity contribution in [3.63, 3.8) is 0 Å². The van der Waals surface area contributed by atoms with Crippen LogP contribution in [0.3, 0.4) is 0 Å². The van der Waals surface area contributed by atoms with Gasteiger partial charge < -0.3 is 9.80 Å². The van der Waals surface area contributed by atoms with Crippen LogP contribution in [-0.4, -0.2) is 63.3 Å². The number of rotatable bonds is 4. The Morgan fingerprint density at radius 1 is 0.944 bits per heavy atom. The third-order valence-electron chi connectivity index (χ3n) is 6.64. The highest BCUT2D eigenvalue weighted by molar-refractivity contribution is 6.42. The van der Waals surface area contributed by atoms with Crippen molar-refractivity contribution in [1.82, 2.24) is 19.6 Å². The molecular weight excluding hydrogens is 497 g/mol. The van der Waals surface area contributed by atoms with E-state index in [1.54, 1.807) is 34.0 Å². The van der Waals surface area contributed by atoms with Crippen LogP contribution in [0.1, 0.15) is 24.1 Å². The Morgan fingerprint density at radius 2 is 1.67 bits per heavy atom. The Labute approximate surface area is 219 Å². The second-order valence-electron chi connectivity index (χ2n) is 8.88. The van der Waals surface area contributed by atoms with E-state index in [4.69, 9.17) is 23.2 Å². The van der Waals surface area contributed by atoms with Gasteiger partial charge in [0.25, 0.3) is 0 Å². The number of benzene rings is 2. The van der Waals surface area contributed by atoms with Gasteiger partial charge in [-0.2, -0.15) is 5.10 Å². The maximum absolute atomic E-state index is 13.8. The van der Waals surface area contributed by atoms with E-state index in [-0.39, 0.29) is 11.8 Å². The highest BCUT2D eigenvalue weighted by atomic mass is 35.5. The van der Waals surface area contributed by atoms with E-state index in [1.165, 1.54) is 0 Å². The van der Waals surface area contributed by atoms with E-state index in [0.717, 1.165) is 11.1 Å². The number of carbonyl (C=O) groups excluding carboxylic acids is 2. The highest BCUT2D eigenvalue weighted by Crippen LogP contribution is 2.38. The molecule has 0 saturated carbocycles. The van der Waals surface area contributed by atoms with Crippen molar-refractivity contribution in [3.8, 4) is 0 Å². The first kappa shape index (κ1) is 24.3. The average Bonchev–Trinajstić information content (AvgIpc) is 3.36. The second-order valence-corrected chi connectivity index (χ2v) is 9.69. The van der Waals surface area contributed by atoms with Crippen LogP contribution in [0.2, 0.25) is 10.0 Å². The fourth-order valence-corrected chi connectivity index (χ4v) is 5.06. The monoisotopic (exact) mass is 521 g/mol. The van der Waals surface area contributed by atoms with Crippen LogP contribution in [0.25, 0.3) is 6.08 Å². The van der Waals surface area contributed by atoms with Crippen LogP contribution >= 0.6 is 23.2 Å². The number of hydrogen-bond acceptors (Lipinski definition) is 4. The summed E-state index contributed by atoms with van der Waals surface area (Å²) in [7, 11) is 0. The predicted octanol–water partition coefficient (Wildman–Crippen LogP) is 4.89. The van der Waals surface area contributed by atoms with Crippen LogP contribution in [0.15, 0.2) is 71.9 Å². The number of carbonyl (C=O) groups is 2. The lowest BCUT2D eigenvalue weighted by Gasteiger charge is -2.39. The van der Waals surface area contributed by atoms with Crippen LogP contribution in [0, 0.1) is 5.92 Å². The molecule has 9 heteroatoms. The Hall–Kier alpha value is -3.42. The summed E-state index contributed by atoms with van der Waals surface area (Å²) >= 11 is 12.5. The second kappa shape index (κ2) is 10.3. The van der Waals surface area contributed by atoms with Crippen molar-refractivity contribution in [3.05, 3.63) is 88.0 Å². The molecule has 0 bridgehead atoms. The lowest BCUT2D eigenvalue weighted by molar-refractivity contribution is -0.139. The summed E-state index contributed by atoms with van der Waals surface area (Å²) in [5, 5.41) is 5.33. The molecule has 0 radical (unpaired) electrons. The van der Waals surface area contributed by atoms with Gasteiger partial charge in [-0.25, -0.2) is 9.67 Å². The molecule has 2 amide bonds. The molecule has 2 atom stereocenters. The number of piperazine rings is 1. The first-order chi connectivity index (χ1) is 17.4. The minimum absolute atomic E-state index is 0.0413. The minimum atomic E-state index is -0.546. The van der Waals surface area contributed by atoms with E-state index < -0.39 is 12.0 Å². The summed E-state index contributed by atoms with van der Waals surface area (Å²) < 4.78 is 1.77. The van der Waals surface area contributed by atoms with Gasteiger partial charge in [0.1, 0.15) is 5.92 Å². The maximum atomic E-state index is 13.8. The van der Waals surface area contributed by atoms with Crippen LogP contribution < -0.4 is 0 Å². The smallest absolute Gasteiger partial charge is 0.246 e. The molecule has 7 nitrogen and oxygen atoms in total. The summed E-state index contributed by atoms with van der Waals surface area (Å²) in [6, 6.07) is 16.5. The van der Waals surface area contributed by atoms with Gasteiger partial charge in [-0.3, -0.25) is 9.59 Å². The summed E-state index contributed by atoms with van der Waals surface area (Å²) in [6.07, 6.45) is 5.08. The molecule has 2 aliphatic heterocycles. The summed E-state index contributed by atoms with van der Waals surface area (Å²) in [6.45, 7) is 3.72. The van der Waals surface area contributed by atoms with Gasteiger partial charge in [0, 0.05) is 44.0 Å². The van der Waals surface area contributed by atoms with Crippen molar-refractivity contribution in [2.75, 3.05) is 26.2 Å². The fraction of sp³-hybridized carbons (Fsp3) is 0.259. The van der Waals surface area contributed by atoms with Crippen LogP contribution in [0.5, 0.6) is 0 Å². The molecule has 2 aromatic carbocycles. The molecule has 0 aliphatic carbocycles. The quantitative estimate of drug-likeness (QED) is 0.459. The molecule has 1 saturated heterocycles. The number of aromatic nitrogens is 2. The summed E-state index contributed by atoms with van der Waals surface area (Å²) in [5.74, 6) is 0.0414. The Kier molecular flexibility index (Phi) is 6.94. The number of hydrogen-bond donors (Lipinski definition) is 0. The van der Waals surface area contributed by atoms with Gasteiger partial charge in [-0.05, 0) is 36.3 Å². The van der Waals surface area contributed by atoms with Gasteiger partial charge in [-0.1, -0.05) is 59.6 Å². The molecule has 2 unspecified atom stereocenters. The SMILES string of the molecule is CC1=Nc2ccnn2C(c2ccc(Cl)c(Cl)c2)C1C(=O)N1CCN(C(=O)C=Cc2ccccc2)CC1. The summed E-state index contributed by atoms with van der Waals surface area (Å²) in [5.41, 5.74) is 2.52. The van der Waals surface area contributed by atoms with E-state index in [1.807, 2.05) is 60.4 Å². The maximum Gasteiger partial charge on any atom is 0.246 e. The molecule has 36 heavy (non-hydrogen) atoms. The first-order valence-electron chi connectivity index (χ1n) is 11.8. The van der Waals surface area contributed by atoms with Crippen molar-refractivity contribution < 1.29 is 9.59 Å². The lowest BCUT2D eigenvalue weighted by atomic mass is 9.87. The highest BCUT2D eigenvalue weighted by Gasteiger charge is 2.41. The van der Waals surface area contributed by atoms with Gasteiger partial charge in [-0.15, -0.1) is 0 Å². The number of amides is 2. The van der Waals surface area contributed by atoms with Gasteiger partial charge >= 0.3 is 0 Å². The Balaban J connectivity index is 1.33. The van der Waals surface area contributed by atoms with Crippen molar-refractivity contribution in [1.29, 1.82) is 0 Å². The van der Waals surface area contributed by atoms with Gasteiger partial charge in [0.2, 0.25) is 11.8 Å². The fourth-order valence-electron chi connectivity index (χ4n) is 4.75. The molecule has 1 fully saturated rings. The van der Waals surface area contributed by atoms with Crippen molar-refractivity contribution in [2.24, 2.45) is 10.9 Å². The van der Waals surface area contributed by atoms with Crippen molar-refractivity contribution in [2.45, 2.75) is 13.0 Å². The van der Waals surface area contributed by atoms with Gasteiger partial charge in [0.15, 0.2) is 5.82 Å². The largest absolute Gasteiger partial charge is 0.338 e. The molecule has 3 aromatic rings. The van der Waals surface area contributed by atoms with Crippen LogP contribution in [-0.2, 0) is 9.59 Å². The molecule has 2 aliphatic rings. The zero-order valence-corrected chi connectivity index (χ0v) is 21.2. The Bertz CT molecular complexity index is 1340. The van der Waals surface area contributed by atoms with Crippen LogP contribution in [0.4, 0.5) is 5.82 Å². The number of halogens is 2. The molecule has 5 rings (SSSR count). The van der Waals surface area contributed by atoms with E-state index >= 15 is 0 Å². The number of nitrogens with zero attached hydrogens (tertiary/aromatic N) is 5. The molecule has 0 spiro atoms. The summed E-state index contributed by atoms with van der Waals surface area (Å²) in [4.78, 5) is 34.8. The van der Waals surface area contributed by atoms with Crippen molar-refractivity contribution >= 4 is 52.6 Å². The van der Waals surface area contributed by atoms with E-state index in [9.17, 15) is 9.59 Å². The Morgan fingerprint density at radius 3 is 2.39 bits per heavy atom. The standard InChI is InChI=1S/C27H25Cl2N5O2/c1-18-25(26(34-23(31-18)11-12-30-34)20-8-9-21(28)22(29)17-20)27(36)33-15-13-32(14-16-33)24(35)10-7-19-5-3-2-4-6-19/h2-12,17,25-26H,13-16H2,1H3. The molecule has 0 N–H and O–H groups in total. The zero-order valence-electron chi connectivity index (χ0n) is 19.7. The minimum Gasteiger partial charge on any atom is -0.338 e.